The molecule has 0 saturated carbocycles. The van der Waals surface area contributed by atoms with E-state index < -0.39 is 34.3 Å². The zero-order chi connectivity index (χ0) is 29.3. The predicted octanol–water partition coefficient (Wildman–Crippen LogP) is 4.76. The van der Waals surface area contributed by atoms with Gasteiger partial charge in [-0.05, 0) is 49.1 Å². The van der Waals surface area contributed by atoms with Crippen molar-refractivity contribution in [3.8, 4) is 0 Å². The van der Waals surface area contributed by atoms with Gasteiger partial charge in [-0.2, -0.15) is 0 Å². The molecule has 3 aromatic rings. The molecule has 1 unspecified atom stereocenters. The van der Waals surface area contributed by atoms with E-state index in [-0.39, 0.29) is 24.4 Å². The summed E-state index contributed by atoms with van der Waals surface area (Å²) in [5, 5.41) is 2.91. The van der Waals surface area contributed by atoms with Gasteiger partial charge in [-0.15, -0.1) is 0 Å². The molecule has 3 aromatic carbocycles. The number of halogens is 1. The highest BCUT2D eigenvalue weighted by Gasteiger charge is 2.33. The zero-order valence-electron chi connectivity index (χ0n) is 23.6. The van der Waals surface area contributed by atoms with Gasteiger partial charge >= 0.3 is 0 Å². The fraction of sp³-hybridized carbons (Fsp3) is 0.355. The molecule has 2 amide bonds. The number of carbonyl (C=O) groups excluding carboxylic acids is 2. The first-order chi connectivity index (χ1) is 19.0. The molecule has 1 N–H and O–H groups in total. The van der Waals surface area contributed by atoms with Crippen LogP contribution in [0.2, 0.25) is 0 Å². The summed E-state index contributed by atoms with van der Waals surface area (Å²) < 4.78 is 41.8. The number of amides is 2. The first-order valence-electron chi connectivity index (χ1n) is 13.4. The Bertz CT molecular complexity index is 1410. The van der Waals surface area contributed by atoms with Gasteiger partial charge < -0.3 is 10.2 Å². The van der Waals surface area contributed by atoms with Gasteiger partial charge in [0.1, 0.15) is 18.4 Å². The van der Waals surface area contributed by atoms with E-state index in [0.29, 0.717) is 12.2 Å². The fourth-order valence-corrected chi connectivity index (χ4v) is 5.37. The molecule has 0 aliphatic heterocycles. The van der Waals surface area contributed by atoms with Gasteiger partial charge in [0.2, 0.25) is 21.8 Å². The van der Waals surface area contributed by atoms with E-state index in [1.165, 1.54) is 11.0 Å². The third-order valence-corrected chi connectivity index (χ3v) is 8.05. The van der Waals surface area contributed by atoms with Crippen LogP contribution in [0.4, 0.5) is 10.1 Å². The zero-order valence-corrected chi connectivity index (χ0v) is 24.4. The van der Waals surface area contributed by atoms with E-state index in [0.717, 1.165) is 40.1 Å². The summed E-state index contributed by atoms with van der Waals surface area (Å²) in [6, 6.07) is 19.6. The summed E-state index contributed by atoms with van der Waals surface area (Å²) in [6.07, 6.45) is 2.86. The van der Waals surface area contributed by atoms with Crippen molar-refractivity contribution in [3.63, 3.8) is 0 Å². The highest BCUT2D eigenvalue weighted by atomic mass is 32.2. The Morgan fingerprint density at radius 1 is 0.950 bits per heavy atom. The van der Waals surface area contributed by atoms with Gasteiger partial charge in [-0.3, -0.25) is 13.9 Å². The maximum atomic E-state index is 14.8. The molecule has 214 valence electrons. The van der Waals surface area contributed by atoms with Crippen molar-refractivity contribution < 1.29 is 22.4 Å². The van der Waals surface area contributed by atoms with E-state index in [4.69, 9.17) is 0 Å². The van der Waals surface area contributed by atoms with Gasteiger partial charge in [0.15, 0.2) is 0 Å². The monoisotopic (exact) mass is 567 g/mol. The number of benzene rings is 3. The van der Waals surface area contributed by atoms with E-state index in [1.807, 2.05) is 50.2 Å². The Balaban J connectivity index is 2.07. The van der Waals surface area contributed by atoms with E-state index in [1.54, 1.807) is 37.3 Å². The molecule has 0 aliphatic carbocycles. The molecule has 7 nitrogen and oxygen atoms in total. The Hall–Kier alpha value is -3.72. The maximum absolute atomic E-state index is 14.8. The standard InChI is InChI=1S/C31H38FN3O4S/c1-5-6-19-33-31(37)29(20-25-14-8-7-9-15-25)34(21-26-16-10-11-17-27(26)32)30(36)22-35(40(4,38)39)28-18-12-13-23(2)24(28)3/h7-18,29H,5-6,19-22H2,1-4H3,(H,33,37). The van der Waals surface area contributed by atoms with Gasteiger partial charge in [-0.25, -0.2) is 12.8 Å². The number of nitrogens with one attached hydrogen (secondary N) is 1. The summed E-state index contributed by atoms with van der Waals surface area (Å²) in [4.78, 5) is 28.9. The van der Waals surface area contributed by atoms with Crippen LogP contribution < -0.4 is 9.62 Å². The summed E-state index contributed by atoms with van der Waals surface area (Å²) in [5.41, 5.74) is 3.03. The van der Waals surface area contributed by atoms with Crippen molar-refractivity contribution in [2.75, 3.05) is 23.7 Å². The Morgan fingerprint density at radius 3 is 2.27 bits per heavy atom. The quantitative estimate of drug-likeness (QED) is 0.302. The Labute approximate surface area is 237 Å². The normalized spacial score (nSPS) is 12.0. The second-order valence-electron chi connectivity index (χ2n) is 9.95. The predicted molar refractivity (Wildman–Crippen MR) is 157 cm³/mol. The number of carbonyl (C=O) groups is 2. The van der Waals surface area contributed by atoms with Gasteiger partial charge in [0.05, 0.1) is 11.9 Å². The van der Waals surface area contributed by atoms with Gasteiger partial charge in [-0.1, -0.05) is 74.0 Å². The first kappa shape index (κ1) is 30.8. The highest BCUT2D eigenvalue weighted by molar-refractivity contribution is 7.92. The Morgan fingerprint density at radius 2 is 1.62 bits per heavy atom. The second kappa shape index (κ2) is 14.1. The number of rotatable bonds is 13. The van der Waals surface area contributed by atoms with Crippen molar-refractivity contribution in [1.29, 1.82) is 0 Å². The number of hydrogen-bond acceptors (Lipinski definition) is 4. The van der Waals surface area contributed by atoms with Gasteiger partial charge in [0.25, 0.3) is 0 Å². The molecule has 0 radical (unpaired) electrons. The lowest BCUT2D eigenvalue weighted by Gasteiger charge is -2.34. The topological polar surface area (TPSA) is 86.8 Å². The summed E-state index contributed by atoms with van der Waals surface area (Å²) >= 11 is 0. The minimum absolute atomic E-state index is 0.182. The van der Waals surface area contributed by atoms with E-state index >= 15 is 0 Å². The van der Waals surface area contributed by atoms with Crippen molar-refractivity contribution in [3.05, 3.63) is 101 Å². The highest BCUT2D eigenvalue weighted by Crippen LogP contribution is 2.26. The molecule has 0 aromatic heterocycles. The lowest BCUT2D eigenvalue weighted by Crippen LogP contribution is -2.53. The molecule has 40 heavy (non-hydrogen) atoms. The third kappa shape index (κ3) is 8.14. The lowest BCUT2D eigenvalue weighted by atomic mass is 10.0. The van der Waals surface area contributed by atoms with Crippen LogP contribution >= 0.6 is 0 Å². The molecule has 0 bridgehead atoms. The van der Waals surface area contributed by atoms with Crippen LogP contribution in [0.5, 0.6) is 0 Å². The molecular formula is C31H38FN3O4S. The number of hydrogen-bond donors (Lipinski definition) is 1. The number of aryl methyl sites for hydroxylation is 1. The van der Waals surface area contributed by atoms with Crippen LogP contribution in [0.1, 0.15) is 42.0 Å². The lowest BCUT2D eigenvalue weighted by molar-refractivity contribution is -0.140. The Kier molecular flexibility index (Phi) is 10.8. The van der Waals surface area contributed by atoms with E-state index in [2.05, 4.69) is 5.32 Å². The summed E-state index contributed by atoms with van der Waals surface area (Å²) in [7, 11) is -3.88. The summed E-state index contributed by atoms with van der Waals surface area (Å²) in [5.74, 6) is -1.50. The molecule has 1 atom stereocenters. The second-order valence-corrected chi connectivity index (χ2v) is 11.9. The van der Waals surface area contributed by atoms with Crippen LogP contribution in [0.3, 0.4) is 0 Å². The number of anilines is 1. The van der Waals surface area contributed by atoms with Crippen molar-refractivity contribution >= 4 is 27.5 Å². The molecule has 0 fully saturated rings. The largest absolute Gasteiger partial charge is 0.354 e. The molecule has 9 heteroatoms. The smallest absolute Gasteiger partial charge is 0.244 e. The average Bonchev–Trinajstić information content (AvgIpc) is 2.92. The fourth-order valence-electron chi connectivity index (χ4n) is 4.47. The van der Waals surface area contributed by atoms with Crippen molar-refractivity contribution in [2.24, 2.45) is 0 Å². The molecule has 0 aliphatic rings. The molecule has 0 heterocycles. The number of unbranched alkanes of at least 4 members (excludes halogenated alkanes) is 1. The van der Waals surface area contributed by atoms with Crippen molar-refractivity contribution in [2.45, 2.75) is 52.6 Å². The van der Waals surface area contributed by atoms with Gasteiger partial charge in [0, 0.05) is 25.1 Å². The maximum Gasteiger partial charge on any atom is 0.244 e. The SMILES string of the molecule is CCCCNC(=O)C(Cc1ccccc1)N(Cc1ccccc1F)C(=O)CN(c1cccc(C)c1C)S(C)(=O)=O. The summed E-state index contributed by atoms with van der Waals surface area (Å²) in [6.45, 7) is 5.36. The molecule has 3 rings (SSSR count). The van der Waals surface area contributed by atoms with Crippen LogP contribution in [0.15, 0.2) is 72.8 Å². The van der Waals surface area contributed by atoms with Crippen LogP contribution in [0.25, 0.3) is 0 Å². The van der Waals surface area contributed by atoms with Crippen LogP contribution in [0, 0.1) is 19.7 Å². The third-order valence-electron chi connectivity index (χ3n) is 6.92. The first-order valence-corrected chi connectivity index (χ1v) is 15.3. The molecular weight excluding hydrogens is 529 g/mol. The van der Waals surface area contributed by atoms with Crippen LogP contribution in [-0.4, -0.2) is 50.5 Å². The molecule has 0 spiro atoms. The number of nitrogens with zero attached hydrogens (tertiary/aromatic N) is 2. The minimum Gasteiger partial charge on any atom is -0.354 e. The number of sulfonamides is 1. The minimum atomic E-state index is -3.88. The molecule has 0 saturated heterocycles. The average molecular weight is 568 g/mol. The van der Waals surface area contributed by atoms with Crippen LogP contribution in [-0.2, 0) is 32.6 Å². The van der Waals surface area contributed by atoms with Crippen molar-refractivity contribution in [1.82, 2.24) is 10.2 Å². The van der Waals surface area contributed by atoms with E-state index in [9.17, 15) is 22.4 Å².